The van der Waals surface area contributed by atoms with Crippen molar-refractivity contribution in [2.24, 2.45) is 0 Å². The molecular weight excluding hydrogens is 446 g/mol. The summed E-state index contributed by atoms with van der Waals surface area (Å²) in [5.74, 6) is 0.440. The third kappa shape index (κ3) is 4.47. The van der Waals surface area contributed by atoms with Gasteiger partial charge in [-0.3, -0.25) is 9.59 Å². The molecule has 1 saturated heterocycles. The van der Waals surface area contributed by atoms with Crippen LogP contribution in [-0.4, -0.2) is 50.0 Å². The molecule has 0 atom stereocenters. The average Bonchev–Trinajstić information content (AvgIpc) is 3.43. The number of ether oxygens (including phenoxy) is 1. The second-order valence-corrected chi connectivity index (χ2v) is 9.10. The monoisotopic (exact) mass is 471 g/mol. The molecule has 0 bridgehead atoms. The highest BCUT2D eigenvalue weighted by molar-refractivity contribution is 7.12. The molecule has 5 rings (SSSR count). The van der Waals surface area contributed by atoms with Crippen LogP contribution >= 0.6 is 11.3 Å². The van der Waals surface area contributed by atoms with Gasteiger partial charge in [0.15, 0.2) is 0 Å². The molecule has 3 aromatic carbocycles. The topological polar surface area (TPSA) is 61.9 Å². The number of thiophene rings is 1. The van der Waals surface area contributed by atoms with Gasteiger partial charge in [0.2, 0.25) is 0 Å². The van der Waals surface area contributed by atoms with Gasteiger partial charge in [-0.25, -0.2) is 0 Å². The maximum Gasteiger partial charge on any atom is 0.264 e. The zero-order valence-electron chi connectivity index (χ0n) is 18.9. The number of fused-ring (bicyclic) bond motifs is 1. The molecule has 2 amide bonds. The number of carbonyl (C=O) groups excluding carboxylic acids is 2. The van der Waals surface area contributed by atoms with Crippen molar-refractivity contribution in [2.45, 2.75) is 0 Å². The van der Waals surface area contributed by atoms with E-state index in [2.05, 4.69) is 10.2 Å². The van der Waals surface area contributed by atoms with Crippen molar-refractivity contribution in [3.63, 3.8) is 0 Å². The molecule has 0 saturated carbocycles. The van der Waals surface area contributed by atoms with Crippen LogP contribution in [0.25, 0.3) is 10.8 Å². The highest BCUT2D eigenvalue weighted by Crippen LogP contribution is 2.27. The lowest BCUT2D eigenvalue weighted by Crippen LogP contribution is -2.48. The standard InChI is InChI=1S/C27H25N3O3S/c1-33-24-18-20-6-3-2-5-19(20)17-23(24)26(31)28-21-8-10-22(11-9-21)29-12-14-30(15-13-29)27(32)25-7-4-16-34-25/h2-11,16-18H,12-15H2,1H3,(H,28,31). The number of benzene rings is 3. The van der Waals surface area contributed by atoms with Crippen molar-refractivity contribution in [1.82, 2.24) is 4.90 Å². The van der Waals surface area contributed by atoms with Crippen molar-refractivity contribution in [1.29, 1.82) is 0 Å². The van der Waals surface area contributed by atoms with Gasteiger partial charge in [0.05, 0.1) is 17.6 Å². The normalized spacial score (nSPS) is 13.7. The zero-order valence-corrected chi connectivity index (χ0v) is 19.7. The van der Waals surface area contributed by atoms with Crippen molar-refractivity contribution in [3.05, 3.63) is 88.6 Å². The first-order valence-corrected chi connectivity index (χ1v) is 12.1. The number of nitrogens with zero attached hydrogens (tertiary/aromatic N) is 2. The van der Waals surface area contributed by atoms with Gasteiger partial charge in [0.25, 0.3) is 11.8 Å². The fraction of sp³-hybridized carbons (Fsp3) is 0.185. The van der Waals surface area contributed by atoms with Gasteiger partial charge in [-0.05, 0) is 58.6 Å². The average molecular weight is 472 g/mol. The third-order valence-electron chi connectivity index (χ3n) is 6.10. The molecule has 1 aromatic heterocycles. The van der Waals surface area contributed by atoms with E-state index in [4.69, 9.17) is 4.74 Å². The highest BCUT2D eigenvalue weighted by atomic mass is 32.1. The Labute approximate surface area is 202 Å². The summed E-state index contributed by atoms with van der Waals surface area (Å²) in [6.07, 6.45) is 0. The van der Waals surface area contributed by atoms with Crippen LogP contribution < -0.4 is 15.0 Å². The minimum atomic E-state index is -0.212. The van der Waals surface area contributed by atoms with E-state index in [1.807, 2.05) is 83.1 Å². The summed E-state index contributed by atoms with van der Waals surface area (Å²) in [6.45, 7) is 2.93. The molecule has 0 aliphatic carbocycles. The Balaban J connectivity index is 1.23. The molecule has 6 nitrogen and oxygen atoms in total. The van der Waals surface area contributed by atoms with Crippen LogP contribution in [0.4, 0.5) is 11.4 Å². The number of hydrogen-bond acceptors (Lipinski definition) is 5. The molecule has 172 valence electrons. The first-order chi connectivity index (χ1) is 16.6. The van der Waals surface area contributed by atoms with E-state index in [1.165, 1.54) is 11.3 Å². The summed E-state index contributed by atoms with van der Waals surface area (Å²) in [4.78, 5) is 30.5. The Morgan fingerprint density at radius 2 is 1.59 bits per heavy atom. The Bertz CT molecular complexity index is 1310. The Hall–Kier alpha value is -3.84. The predicted octanol–water partition coefficient (Wildman–Crippen LogP) is 5.12. The SMILES string of the molecule is COc1cc2ccccc2cc1C(=O)Nc1ccc(N2CCN(C(=O)c3cccs3)CC2)cc1. The first-order valence-electron chi connectivity index (χ1n) is 11.2. The van der Waals surface area contributed by atoms with E-state index >= 15 is 0 Å². The number of amides is 2. The summed E-state index contributed by atoms with van der Waals surface area (Å²) in [7, 11) is 1.57. The lowest BCUT2D eigenvalue weighted by Gasteiger charge is -2.36. The van der Waals surface area contributed by atoms with Crippen LogP contribution in [0.2, 0.25) is 0 Å². The number of anilines is 2. The summed E-state index contributed by atoms with van der Waals surface area (Å²) in [6, 6.07) is 23.2. The van der Waals surface area contributed by atoms with Crippen molar-refractivity contribution in [3.8, 4) is 5.75 Å². The van der Waals surface area contributed by atoms with Crippen LogP contribution in [-0.2, 0) is 0 Å². The quantitative estimate of drug-likeness (QED) is 0.439. The van der Waals surface area contributed by atoms with Crippen LogP contribution in [0.1, 0.15) is 20.0 Å². The Kier molecular flexibility index (Phi) is 6.18. The summed E-state index contributed by atoms with van der Waals surface area (Å²) < 4.78 is 5.46. The van der Waals surface area contributed by atoms with E-state index < -0.39 is 0 Å². The van der Waals surface area contributed by atoms with Gasteiger partial charge in [-0.1, -0.05) is 30.3 Å². The van der Waals surface area contributed by atoms with E-state index in [1.54, 1.807) is 7.11 Å². The maximum absolute atomic E-state index is 13.0. The van der Waals surface area contributed by atoms with Gasteiger partial charge in [0, 0.05) is 37.6 Å². The molecule has 1 N–H and O–H groups in total. The second kappa shape index (κ2) is 9.57. The molecule has 0 unspecified atom stereocenters. The second-order valence-electron chi connectivity index (χ2n) is 8.16. The molecule has 34 heavy (non-hydrogen) atoms. The van der Waals surface area contributed by atoms with Gasteiger partial charge in [-0.2, -0.15) is 0 Å². The van der Waals surface area contributed by atoms with Crippen LogP contribution in [0, 0.1) is 0 Å². The highest BCUT2D eigenvalue weighted by Gasteiger charge is 2.23. The largest absolute Gasteiger partial charge is 0.496 e. The number of hydrogen-bond donors (Lipinski definition) is 1. The minimum Gasteiger partial charge on any atom is -0.496 e. The molecule has 2 heterocycles. The third-order valence-corrected chi connectivity index (χ3v) is 6.96. The summed E-state index contributed by atoms with van der Waals surface area (Å²) in [5.41, 5.74) is 2.29. The summed E-state index contributed by atoms with van der Waals surface area (Å²) in [5, 5.41) is 6.92. The number of rotatable bonds is 5. The first kappa shape index (κ1) is 22.0. The van der Waals surface area contributed by atoms with Crippen LogP contribution in [0.3, 0.4) is 0 Å². The molecule has 0 spiro atoms. The van der Waals surface area contributed by atoms with Gasteiger partial charge in [-0.15, -0.1) is 11.3 Å². The van der Waals surface area contributed by atoms with E-state index in [9.17, 15) is 9.59 Å². The molecule has 7 heteroatoms. The number of methoxy groups -OCH3 is 1. The van der Waals surface area contributed by atoms with Crippen LogP contribution in [0.15, 0.2) is 78.2 Å². The lowest BCUT2D eigenvalue weighted by molar-refractivity contribution is 0.0751. The van der Waals surface area contributed by atoms with E-state index in [0.717, 1.165) is 40.1 Å². The van der Waals surface area contributed by atoms with Crippen molar-refractivity contribution < 1.29 is 14.3 Å². The minimum absolute atomic E-state index is 0.108. The number of nitrogens with one attached hydrogen (secondary N) is 1. The fourth-order valence-corrected chi connectivity index (χ4v) is 4.93. The fourth-order valence-electron chi connectivity index (χ4n) is 4.24. The predicted molar refractivity (Wildman–Crippen MR) is 137 cm³/mol. The van der Waals surface area contributed by atoms with E-state index in [-0.39, 0.29) is 11.8 Å². The molecule has 1 fully saturated rings. The van der Waals surface area contributed by atoms with Gasteiger partial charge < -0.3 is 19.9 Å². The van der Waals surface area contributed by atoms with Crippen molar-refractivity contribution >= 4 is 45.3 Å². The molecule has 0 radical (unpaired) electrons. The molecular formula is C27H25N3O3S. The number of carbonyl (C=O) groups is 2. The molecule has 1 aliphatic rings. The Morgan fingerprint density at radius 1 is 0.882 bits per heavy atom. The number of piperazine rings is 1. The smallest absolute Gasteiger partial charge is 0.264 e. The van der Waals surface area contributed by atoms with Crippen molar-refractivity contribution in [2.75, 3.05) is 43.5 Å². The van der Waals surface area contributed by atoms with Gasteiger partial charge >= 0.3 is 0 Å². The van der Waals surface area contributed by atoms with Gasteiger partial charge in [0.1, 0.15) is 5.75 Å². The maximum atomic E-state index is 13.0. The lowest BCUT2D eigenvalue weighted by atomic mass is 10.1. The molecule has 4 aromatic rings. The Morgan fingerprint density at radius 3 is 2.24 bits per heavy atom. The molecule has 1 aliphatic heterocycles. The summed E-state index contributed by atoms with van der Waals surface area (Å²) >= 11 is 1.48. The van der Waals surface area contributed by atoms with Crippen LogP contribution in [0.5, 0.6) is 5.75 Å². The van der Waals surface area contributed by atoms with E-state index in [0.29, 0.717) is 24.4 Å². The zero-order chi connectivity index (χ0) is 23.5.